The van der Waals surface area contributed by atoms with Crippen molar-refractivity contribution < 1.29 is 14.7 Å². The number of carbonyl (C=O) groups excluding carboxylic acids is 1. The van der Waals surface area contributed by atoms with Crippen molar-refractivity contribution in [2.75, 3.05) is 6.54 Å². The van der Waals surface area contributed by atoms with E-state index in [4.69, 9.17) is 0 Å². The molecule has 2 N–H and O–H groups in total. The Hall–Kier alpha value is -2.64. The van der Waals surface area contributed by atoms with Crippen LogP contribution in [0.25, 0.3) is 0 Å². The number of carboxylic acid groups (broad SMARTS) is 1. The van der Waals surface area contributed by atoms with E-state index in [9.17, 15) is 14.7 Å². The normalized spacial score (nSPS) is 17.3. The Labute approximate surface area is 126 Å². The van der Waals surface area contributed by atoms with E-state index in [-0.39, 0.29) is 5.91 Å². The fourth-order valence-corrected chi connectivity index (χ4v) is 2.77. The second-order valence-corrected chi connectivity index (χ2v) is 5.25. The molecule has 0 aliphatic carbocycles. The highest BCUT2D eigenvalue weighted by molar-refractivity contribution is 5.85. The summed E-state index contributed by atoms with van der Waals surface area (Å²) in [4.78, 5) is 36.3. The third-order valence-corrected chi connectivity index (χ3v) is 3.85. The van der Waals surface area contributed by atoms with E-state index in [1.165, 1.54) is 11.2 Å². The molecular formula is C14H17N5O3. The number of nitrogens with zero attached hydrogens (tertiary/aromatic N) is 4. The Balaban J connectivity index is 1.65. The number of imidazole rings is 2. The minimum absolute atomic E-state index is 0.152. The molecule has 22 heavy (non-hydrogen) atoms. The van der Waals surface area contributed by atoms with Crippen molar-refractivity contribution in [2.24, 2.45) is 0 Å². The first-order valence-corrected chi connectivity index (χ1v) is 7.17. The van der Waals surface area contributed by atoms with Gasteiger partial charge in [-0.1, -0.05) is 0 Å². The molecule has 116 valence electrons. The SMILES string of the molecule is O=C(O)[C@H]1c2nc[nH]c2CCN1C(=O)CCCn1ccnc1. The van der Waals surface area contributed by atoms with Crippen LogP contribution < -0.4 is 0 Å². The van der Waals surface area contributed by atoms with Crippen molar-refractivity contribution >= 4 is 11.9 Å². The van der Waals surface area contributed by atoms with Crippen LogP contribution in [0.5, 0.6) is 0 Å². The van der Waals surface area contributed by atoms with Gasteiger partial charge in [0.15, 0.2) is 6.04 Å². The van der Waals surface area contributed by atoms with Crippen LogP contribution in [0, 0.1) is 0 Å². The molecular weight excluding hydrogens is 286 g/mol. The summed E-state index contributed by atoms with van der Waals surface area (Å²) in [6.45, 7) is 1.08. The van der Waals surface area contributed by atoms with Crippen LogP contribution in [-0.4, -0.2) is 47.9 Å². The third kappa shape index (κ3) is 2.72. The van der Waals surface area contributed by atoms with Crippen LogP contribution in [-0.2, 0) is 22.6 Å². The van der Waals surface area contributed by atoms with E-state index in [1.807, 2.05) is 10.8 Å². The minimum Gasteiger partial charge on any atom is -0.479 e. The second kappa shape index (κ2) is 6.00. The van der Waals surface area contributed by atoms with E-state index < -0.39 is 12.0 Å². The highest BCUT2D eigenvalue weighted by atomic mass is 16.4. The molecule has 0 fully saturated rings. The summed E-state index contributed by atoms with van der Waals surface area (Å²) in [5, 5.41) is 9.44. The van der Waals surface area contributed by atoms with Crippen molar-refractivity contribution in [3.63, 3.8) is 0 Å². The Morgan fingerprint density at radius 3 is 3.05 bits per heavy atom. The molecule has 0 radical (unpaired) electrons. The van der Waals surface area contributed by atoms with Crippen molar-refractivity contribution in [3.05, 3.63) is 36.4 Å². The van der Waals surface area contributed by atoms with Gasteiger partial charge in [-0.05, 0) is 6.42 Å². The maximum Gasteiger partial charge on any atom is 0.332 e. The van der Waals surface area contributed by atoms with Crippen LogP contribution in [0.4, 0.5) is 0 Å². The zero-order valence-electron chi connectivity index (χ0n) is 12.0. The number of nitrogens with one attached hydrogen (secondary N) is 1. The largest absolute Gasteiger partial charge is 0.479 e. The number of aromatic amines is 1. The molecule has 0 aromatic carbocycles. The van der Waals surface area contributed by atoms with Crippen molar-refractivity contribution in [1.29, 1.82) is 0 Å². The summed E-state index contributed by atoms with van der Waals surface area (Å²) >= 11 is 0. The zero-order chi connectivity index (χ0) is 15.5. The lowest BCUT2D eigenvalue weighted by atomic mass is 10.0. The summed E-state index contributed by atoms with van der Waals surface area (Å²) in [6.07, 6.45) is 8.25. The first-order valence-electron chi connectivity index (χ1n) is 7.17. The molecule has 0 bridgehead atoms. The standard InChI is InChI=1S/C14H17N5O3/c20-11(2-1-5-18-7-4-15-9-18)19-6-3-10-12(17-8-16-10)13(19)14(21)22/h4,7-9,13H,1-3,5-6H2,(H,16,17)(H,21,22)/t13-/m1/s1. The number of amides is 1. The van der Waals surface area contributed by atoms with Gasteiger partial charge in [0.1, 0.15) is 0 Å². The lowest BCUT2D eigenvalue weighted by Gasteiger charge is -2.32. The van der Waals surface area contributed by atoms with Crippen molar-refractivity contribution in [1.82, 2.24) is 24.4 Å². The van der Waals surface area contributed by atoms with Crippen molar-refractivity contribution in [2.45, 2.75) is 31.8 Å². The molecule has 3 heterocycles. The summed E-state index contributed by atoms with van der Waals surface area (Å²) in [5.74, 6) is -1.20. The molecule has 1 atom stereocenters. The number of fused-ring (bicyclic) bond motifs is 1. The van der Waals surface area contributed by atoms with Crippen LogP contribution in [0.1, 0.15) is 30.3 Å². The fourth-order valence-electron chi connectivity index (χ4n) is 2.77. The van der Waals surface area contributed by atoms with Crippen LogP contribution in [0.3, 0.4) is 0 Å². The van der Waals surface area contributed by atoms with Gasteiger partial charge < -0.3 is 19.6 Å². The Kier molecular flexibility index (Phi) is 3.90. The summed E-state index contributed by atoms with van der Waals surface area (Å²) < 4.78 is 1.89. The molecule has 0 unspecified atom stereocenters. The molecule has 0 saturated carbocycles. The molecule has 8 nitrogen and oxygen atoms in total. The second-order valence-electron chi connectivity index (χ2n) is 5.25. The van der Waals surface area contributed by atoms with Crippen LogP contribution in [0.2, 0.25) is 0 Å². The predicted octanol–water partition coefficient (Wildman–Crippen LogP) is 0.597. The fraction of sp³-hybridized carbons (Fsp3) is 0.429. The number of carbonyl (C=O) groups is 2. The number of aromatic nitrogens is 4. The van der Waals surface area contributed by atoms with Gasteiger partial charge >= 0.3 is 5.97 Å². The number of hydrogen-bond acceptors (Lipinski definition) is 4. The Morgan fingerprint density at radius 1 is 1.45 bits per heavy atom. The predicted molar refractivity (Wildman–Crippen MR) is 75.8 cm³/mol. The molecule has 2 aromatic rings. The molecule has 0 saturated heterocycles. The van der Waals surface area contributed by atoms with Crippen LogP contribution >= 0.6 is 0 Å². The minimum atomic E-state index is -1.05. The maximum absolute atomic E-state index is 12.4. The quantitative estimate of drug-likeness (QED) is 0.841. The van der Waals surface area contributed by atoms with Gasteiger partial charge in [-0.3, -0.25) is 4.79 Å². The molecule has 0 spiro atoms. The Bertz CT molecular complexity index is 664. The number of aryl methyl sites for hydroxylation is 1. The van der Waals surface area contributed by atoms with Gasteiger partial charge in [0.05, 0.1) is 18.3 Å². The van der Waals surface area contributed by atoms with E-state index in [0.29, 0.717) is 38.0 Å². The first kappa shape index (κ1) is 14.3. The summed E-state index contributed by atoms with van der Waals surface area (Å²) in [5.41, 5.74) is 1.25. The molecule has 1 aliphatic rings. The lowest BCUT2D eigenvalue weighted by Crippen LogP contribution is -2.43. The van der Waals surface area contributed by atoms with E-state index in [1.54, 1.807) is 12.5 Å². The van der Waals surface area contributed by atoms with Gasteiger partial charge in [0, 0.05) is 44.0 Å². The number of carboxylic acids is 1. The van der Waals surface area contributed by atoms with Crippen LogP contribution in [0.15, 0.2) is 25.0 Å². The Morgan fingerprint density at radius 2 is 2.32 bits per heavy atom. The number of rotatable bonds is 5. The summed E-state index contributed by atoms with van der Waals surface area (Å²) in [7, 11) is 0. The maximum atomic E-state index is 12.4. The first-order chi connectivity index (χ1) is 10.7. The lowest BCUT2D eigenvalue weighted by molar-refractivity contribution is -0.151. The summed E-state index contributed by atoms with van der Waals surface area (Å²) in [6, 6.07) is -0.990. The monoisotopic (exact) mass is 303 g/mol. The molecule has 3 rings (SSSR count). The third-order valence-electron chi connectivity index (χ3n) is 3.85. The number of aliphatic carboxylic acids is 1. The molecule has 1 aliphatic heterocycles. The number of H-pyrrole nitrogens is 1. The highest BCUT2D eigenvalue weighted by Crippen LogP contribution is 2.28. The molecule has 2 aromatic heterocycles. The van der Waals surface area contributed by atoms with E-state index in [0.717, 1.165) is 5.69 Å². The smallest absolute Gasteiger partial charge is 0.332 e. The molecule has 1 amide bonds. The molecule has 8 heteroatoms. The van der Waals surface area contributed by atoms with E-state index in [2.05, 4.69) is 15.0 Å². The van der Waals surface area contributed by atoms with E-state index >= 15 is 0 Å². The van der Waals surface area contributed by atoms with Gasteiger partial charge in [0.2, 0.25) is 5.91 Å². The van der Waals surface area contributed by atoms with Gasteiger partial charge in [0.25, 0.3) is 0 Å². The highest BCUT2D eigenvalue weighted by Gasteiger charge is 2.37. The van der Waals surface area contributed by atoms with Gasteiger partial charge in [-0.2, -0.15) is 0 Å². The average Bonchev–Trinajstić information content (AvgIpc) is 3.16. The van der Waals surface area contributed by atoms with Gasteiger partial charge in [-0.15, -0.1) is 0 Å². The number of hydrogen-bond donors (Lipinski definition) is 2. The zero-order valence-corrected chi connectivity index (χ0v) is 12.0. The topological polar surface area (TPSA) is 104 Å². The van der Waals surface area contributed by atoms with Gasteiger partial charge in [-0.25, -0.2) is 14.8 Å². The van der Waals surface area contributed by atoms with Crippen molar-refractivity contribution in [3.8, 4) is 0 Å². The average molecular weight is 303 g/mol.